The summed E-state index contributed by atoms with van der Waals surface area (Å²) >= 11 is 1.59. The lowest BCUT2D eigenvalue weighted by Crippen LogP contribution is -1.97. The van der Waals surface area contributed by atoms with E-state index >= 15 is 0 Å². The van der Waals surface area contributed by atoms with Crippen LogP contribution in [0.15, 0.2) is 41.3 Å². The summed E-state index contributed by atoms with van der Waals surface area (Å²) in [6.07, 6.45) is 0.886. The number of halogens is 1. The van der Waals surface area contributed by atoms with Gasteiger partial charge in [0.15, 0.2) is 11.5 Å². The van der Waals surface area contributed by atoms with Crippen LogP contribution in [0.5, 0.6) is 11.5 Å². The molecule has 5 heteroatoms. The Kier molecular flexibility index (Phi) is 4.20. The lowest BCUT2D eigenvalue weighted by atomic mass is 10.2. The number of nitrogens with two attached hydrogens (primary N) is 1. The van der Waals surface area contributed by atoms with Crippen LogP contribution < -0.4 is 15.2 Å². The summed E-state index contributed by atoms with van der Waals surface area (Å²) in [6, 6.07) is 10.3. The van der Waals surface area contributed by atoms with Gasteiger partial charge in [0.25, 0.3) is 0 Å². The molecule has 1 aliphatic heterocycles. The van der Waals surface area contributed by atoms with Crippen LogP contribution in [0.2, 0.25) is 0 Å². The molecule has 1 heterocycles. The number of ether oxygens (including phenoxy) is 2. The zero-order valence-electron chi connectivity index (χ0n) is 11.5. The van der Waals surface area contributed by atoms with Crippen LogP contribution in [0.4, 0.5) is 10.1 Å². The predicted molar refractivity (Wildman–Crippen MR) is 82.4 cm³/mol. The average Bonchev–Trinajstić information content (AvgIpc) is 2.73. The largest absolute Gasteiger partial charge is 0.490 e. The van der Waals surface area contributed by atoms with Crippen LogP contribution in [0.3, 0.4) is 0 Å². The summed E-state index contributed by atoms with van der Waals surface area (Å²) in [4.78, 5) is 1.04. The Labute approximate surface area is 127 Å². The van der Waals surface area contributed by atoms with E-state index in [0.29, 0.717) is 24.7 Å². The minimum Gasteiger partial charge on any atom is -0.490 e. The molecular weight excluding hydrogens is 289 g/mol. The van der Waals surface area contributed by atoms with Gasteiger partial charge < -0.3 is 15.2 Å². The first kappa shape index (κ1) is 14.1. The van der Waals surface area contributed by atoms with Gasteiger partial charge in [-0.2, -0.15) is 0 Å². The molecule has 3 rings (SSSR count). The van der Waals surface area contributed by atoms with Crippen molar-refractivity contribution in [3.8, 4) is 11.5 Å². The van der Waals surface area contributed by atoms with Crippen LogP contribution >= 0.6 is 11.8 Å². The SMILES string of the molecule is Nc1ccc(F)cc1CSc1ccc2c(c1)OCCCO2. The molecule has 0 bridgehead atoms. The molecular formula is C16H16FNO2S. The number of rotatable bonds is 3. The van der Waals surface area contributed by atoms with Crippen molar-refractivity contribution in [1.29, 1.82) is 0 Å². The summed E-state index contributed by atoms with van der Waals surface area (Å²) in [7, 11) is 0. The normalized spacial score (nSPS) is 13.8. The Morgan fingerprint density at radius 2 is 1.86 bits per heavy atom. The van der Waals surface area contributed by atoms with Crippen molar-refractivity contribution in [2.24, 2.45) is 0 Å². The van der Waals surface area contributed by atoms with Gasteiger partial charge in [0, 0.05) is 22.8 Å². The smallest absolute Gasteiger partial charge is 0.162 e. The highest BCUT2D eigenvalue weighted by atomic mass is 32.2. The maximum atomic E-state index is 13.2. The molecule has 0 atom stereocenters. The van der Waals surface area contributed by atoms with E-state index in [1.807, 2.05) is 18.2 Å². The highest BCUT2D eigenvalue weighted by molar-refractivity contribution is 7.98. The fraction of sp³-hybridized carbons (Fsp3) is 0.250. The zero-order chi connectivity index (χ0) is 14.7. The molecule has 0 spiro atoms. The van der Waals surface area contributed by atoms with Crippen LogP contribution in [0.25, 0.3) is 0 Å². The van der Waals surface area contributed by atoms with Gasteiger partial charge in [-0.05, 0) is 42.0 Å². The fourth-order valence-corrected chi connectivity index (χ4v) is 3.02. The lowest BCUT2D eigenvalue weighted by molar-refractivity contribution is 0.297. The number of nitrogen functional groups attached to an aromatic ring is 1. The number of benzene rings is 2. The first-order chi connectivity index (χ1) is 10.2. The molecule has 0 radical (unpaired) electrons. The highest BCUT2D eigenvalue weighted by Gasteiger charge is 2.11. The minimum atomic E-state index is -0.265. The molecule has 2 N–H and O–H groups in total. The van der Waals surface area contributed by atoms with Crippen molar-refractivity contribution >= 4 is 17.4 Å². The molecule has 0 amide bonds. The van der Waals surface area contributed by atoms with Crippen LogP contribution in [0.1, 0.15) is 12.0 Å². The number of anilines is 1. The second-order valence-corrected chi connectivity index (χ2v) is 5.84. The summed E-state index contributed by atoms with van der Waals surface area (Å²) in [6.45, 7) is 1.34. The van der Waals surface area contributed by atoms with E-state index in [-0.39, 0.29) is 5.82 Å². The van der Waals surface area contributed by atoms with Crippen LogP contribution in [0, 0.1) is 5.82 Å². The van der Waals surface area contributed by atoms with E-state index in [9.17, 15) is 4.39 Å². The Morgan fingerprint density at radius 1 is 1.05 bits per heavy atom. The maximum absolute atomic E-state index is 13.2. The molecule has 1 aliphatic rings. The minimum absolute atomic E-state index is 0.265. The fourth-order valence-electron chi connectivity index (χ4n) is 2.09. The number of thioether (sulfide) groups is 1. The Balaban J connectivity index is 1.73. The molecule has 2 aromatic rings. The summed E-state index contributed by atoms with van der Waals surface area (Å²) < 4.78 is 24.5. The molecule has 0 aromatic heterocycles. The zero-order valence-corrected chi connectivity index (χ0v) is 12.3. The topological polar surface area (TPSA) is 44.5 Å². The molecule has 0 saturated carbocycles. The van der Waals surface area contributed by atoms with Gasteiger partial charge in [0.1, 0.15) is 5.82 Å². The van der Waals surface area contributed by atoms with Gasteiger partial charge in [-0.15, -0.1) is 11.8 Å². The predicted octanol–water partition coefficient (Wildman–Crippen LogP) is 3.86. The third-order valence-corrected chi connectivity index (χ3v) is 4.26. The van der Waals surface area contributed by atoms with Gasteiger partial charge in [0.05, 0.1) is 13.2 Å². The second-order valence-electron chi connectivity index (χ2n) is 4.79. The van der Waals surface area contributed by atoms with E-state index in [1.165, 1.54) is 12.1 Å². The van der Waals surface area contributed by atoms with Gasteiger partial charge in [-0.3, -0.25) is 0 Å². The summed E-state index contributed by atoms with van der Waals surface area (Å²) in [5.74, 6) is 1.90. The van der Waals surface area contributed by atoms with Gasteiger partial charge in [0.2, 0.25) is 0 Å². The quantitative estimate of drug-likeness (QED) is 0.691. The maximum Gasteiger partial charge on any atom is 0.162 e. The van der Waals surface area contributed by atoms with E-state index in [4.69, 9.17) is 15.2 Å². The van der Waals surface area contributed by atoms with Crippen molar-refractivity contribution in [2.75, 3.05) is 18.9 Å². The third kappa shape index (κ3) is 3.42. The molecule has 0 aliphatic carbocycles. The molecule has 0 unspecified atom stereocenters. The standard InChI is InChI=1S/C16H16FNO2S/c17-12-2-4-14(18)11(8-12)10-21-13-3-5-15-16(9-13)20-7-1-6-19-15/h2-5,8-9H,1,6-7,10,18H2. The lowest BCUT2D eigenvalue weighted by Gasteiger charge is -2.10. The van der Waals surface area contributed by atoms with E-state index in [2.05, 4.69) is 0 Å². The Morgan fingerprint density at radius 3 is 2.71 bits per heavy atom. The van der Waals surface area contributed by atoms with E-state index in [1.54, 1.807) is 17.8 Å². The average molecular weight is 305 g/mol. The van der Waals surface area contributed by atoms with Crippen molar-refractivity contribution < 1.29 is 13.9 Å². The van der Waals surface area contributed by atoms with Crippen molar-refractivity contribution in [3.05, 3.63) is 47.8 Å². The van der Waals surface area contributed by atoms with Crippen LogP contribution in [-0.4, -0.2) is 13.2 Å². The molecule has 2 aromatic carbocycles. The van der Waals surface area contributed by atoms with Crippen molar-refractivity contribution in [1.82, 2.24) is 0 Å². The number of fused-ring (bicyclic) bond motifs is 1. The monoisotopic (exact) mass is 305 g/mol. The molecule has 21 heavy (non-hydrogen) atoms. The van der Waals surface area contributed by atoms with Gasteiger partial charge >= 0.3 is 0 Å². The molecule has 0 fully saturated rings. The van der Waals surface area contributed by atoms with Gasteiger partial charge in [-0.1, -0.05) is 0 Å². The molecule has 3 nitrogen and oxygen atoms in total. The van der Waals surface area contributed by atoms with Crippen LogP contribution in [-0.2, 0) is 5.75 Å². The van der Waals surface area contributed by atoms with Crippen molar-refractivity contribution in [2.45, 2.75) is 17.1 Å². The molecule has 110 valence electrons. The summed E-state index contributed by atoms with van der Waals surface area (Å²) in [5.41, 5.74) is 7.27. The number of hydrogen-bond acceptors (Lipinski definition) is 4. The second kappa shape index (κ2) is 6.26. The number of hydrogen-bond donors (Lipinski definition) is 1. The Bertz CT molecular complexity index is 648. The molecule has 0 saturated heterocycles. The van der Waals surface area contributed by atoms with E-state index in [0.717, 1.165) is 28.4 Å². The summed E-state index contributed by atoms with van der Waals surface area (Å²) in [5, 5.41) is 0. The third-order valence-electron chi connectivity index (χ3n) is 3.22. The highest BCUT2D eigenvalue weighted by Crippen LogP contribution is 2.35. The van der Waals surface area contributed by atoms with E-state index < -0.39 is 0 Å². The first-order valence-corrected chi connectivity index (χ1v) is 7.77. The first-order valence-electron chi connectivity index (χ1n) is 6.79. The van der Waals surface area contributed by atoms with Gasteiger partial charge in [-0.25, -0.2) is 4.39 Å². The Hall–Kier alpha value is -1.88. The van der Waals surface area contributed by atoms with Crippen molar-refractivity contribution in [3.63, 3.8) is 0 Å².